The highest BCUT2D eigenvalue weighted by atomic mass is 79.9. The van der Waals surface area contributed by atoms with Crippen LogP contribution in [0.4, 0.5) is 10.1 Å². The third kappa shape index (κ3) is 3.78. The lowest BCUT2D eigenvalue weighted by atomic mass is 10.3. The van der Waals surface area contributed by atoms with Crippen molar-refractivity contribution >= 4 is 27.5 Å². The number of carbonyl (C=O) groups is 1. The predicted octanol–water partition coefficient (Wildman–Crippen LogP) is 2.43. The molecule has 0 bridgehead atoms. The molecule has 1 unspecified atom stereocenters. The van der Waals surface area contributed by atoms with Gasteiger partial charge in [0.2, 0.25) is 5.91 Å². The van der Waals surface area contributed by atoms with E-state index in [1.54, 1.807) is 0 Å². The summed E-state index contributed by atoms with van der Waals surface area (Å²) < 4.78 is 13.9. The van der Waals surface area contributed by atoms with Crippen molar-refractivity contribution in [2.45, 2.75) is 12.6 Å². The molecule has 2 rings (SSSR count). The maximum atomic E-state index is 12.9. The van der Waals surface area contributed by atoms with E-state index in [1.165, 1.54) is 0 Å². The molecule has 1 heterocycles. The van der Waals surface area contributed by atoms with E-state index in [4.69, 9.17) is 0 Å². The number of hydrogen-bond donors (Lipinski definition) is 1. The van der Waals surface area contributed by atoms with Crippen molar-refractivity contribution in [1.29, 1.82) is 0 Å². The fourth-order valence-electron chi connectivity index (χ4n) is 1.87. The minimum atomic E-state index is -0.782. The molecule has 1 aliphatic heterocycles. The Bertz CT molecular complexity index is 396. The first-order valence-corrected chi connectivity index (χ1v) is 6.34. The number of alkyl halides is 1. The van der Waals surface area contributed by atoms with E-state index in [2.05, 4.69) is 21.2 Å². The Morgan fingerprint density at radius 1 is 1.47 bits per heavy atom. The van der Waals surface area contributed by atoms with Crippen LogP contribution in [0, 0.1) is 0 Å². The maximum absolute atomic E-state index is 12.9. The lowest BCUT2D eigenvalue weighted by Crippen LogP contribution is -2.31. The van der Waals surface area contributed by atoms with E-state index in [0.29, 0.717) is 19.5 Å². The molecule has 1 aromatic carbocycles. The normalized spacial score (nSPS) is 20.5. The van der Waals surface area contributed by atoms with Crippen LogP contribution < -0.4 is 5.32 Å². The van der Waals surface area contributed by atoms with Crippen LogP contribution in [-0.2, 0) is 4.79 Å². The lowest BCUT2D eigenvalue weighted by molar-refractivity contribution is -0.117. The molecule has 0 saturated carbocycles. The van der Waals surface area contributed by atoms with Crippen molar-refractivity contribution in [2.24, 2.45) is 0 Å². The number of halogens is 2. The number of amides is 1. The quantitative estimate of drug-likeness (QED) is 0.930. The number of rotatable bonds is 3. The first-order valence-electron chi connectivity index (χ1n) is 5.55. The predicted molar refractivity (Wildman–Crippen MR) is 68.7 cm³/mol. The second-order valence-corrected chi connectivity index (χ2v) is 5.09. The molecule has 0 spiro atoms. The van der Waals surface area contributed by atoms with E-state index < -0.39 is 6.17 Å². The highest BCUT2D eigenvalue weighted by molar-refractivity contribution is 9.10. The van der Waals surface area contributed by atoms with Crippen LogP contribution in [0.2, 0.25) is 0 Å². The Balaban J connectivity index is 1.83. The number of likely N-dealkylation sites (tertiary alicyclic amines) is 1. The Morgan fingerprint density at radius 3 is 2.76 bits per heavy atom. The number of nitrogens with one attached hydrogen (secondary N) is 1. The van der Waals surface area contributed by atoms with Crippen molar-refractivity contribution in [3.63, 3.8) is 0 Å². The number of nitrogens with zero attached hydrogens (tertiary/aromatic N) is 1. The lowest BCUT2D eigenvalue weighted by Gasteiger charge is -2.14. The molecule has 1 atom stereocenters. The van der Waals surface area contributed by atoms with Crippen molar-refractivity contribution in [1.82, 2.24) is 4.90 Å². The average molecular weight is 301 g/mol. The SMILES string of the molecule is O=C(CN1CCC(F)C1)Nc1ccc(Br)cc1. The van der Waals surface area contributed by atoms with Gasteiger partial charge < -0.3 is 5.32 Å². The van der Waals surface area contributed by atoms with Crippen molar-refractivity contribution < 1.29 is 9.18 Å². The summed E-state index contributed by atoms with van der Waals surface area (Å²) in [5, 5.41) is 2.79. The molecule has 1 N–H and O–H groups in total. The Morgan fingerprint density at radius 2 is 2.18 bits per heavy atom. The van der Waals surface area contributed by atoms with Crippen LogP contribution in [0.1, 0.15) is 6.42 Å². The van der Waals surface area contributed by atoms with Crippen LogP contribution in [-0.4, -0.2) is 36.6 Å². The van der Waals surface area contributed by atoms with E-state index >= 15 is 0 Å². The molecule has 1 aromatic rings. The zero-order valence-electron chi connectivity index (χ0n) is 9.33. The zero-order chi connectivity index (χ0) is 12.3. The number of hydrogen-bond acceptors (Lipinski definition) is 2. The fourth-order valence-corrected chi connectivity index (χ4v) is 2.13. The second kappa shape index (κ2) is 5.60. The number of carbonyl (C=O) groups excluding carboxylic acids is 1. The second-order valence-electron chi connectivity index (χ2n) is 4.18. The third-order valence-electron chi connectivity index (χ3n) is 2.71. The van der Waals surface area contributed by atoms with Crippen molar-refractivity contribution in [3.8, 4) is 0 Å². The van der Waals surface area contributed by atoms with Gasteiger partial charge in [-0.15, -0.1) is 0 Å². The van der Waals surface area contributed by atoms with Gasteiger partial charge in [0.25, 0.3) is 0 Å². The van der Waals surface area contributed by atoms with Crippen LogP contribution in [0.25, 0.3) is 0 Å². The van der Waals surface area contributed by atoms with E-state index in [0.717, 1.165) is 10.2 Å². The summed E-state index contributed by atoms with van der Waals surface area (Å²) in [5.41, 5.74) is 0.759. The van der Waals surface area contributed by atoms with Gasteiger partial charge in [-0.2, -0.15) is 0 Å². The van der Waals surface area contributed by atoms with Gasteiger partial charge in [0.1, 0.15) is 6.17 Å². The topological polar surface area (TPSA) is 32.3 Å². The molecule has 1 fully saturated rings. The highest BCUT2D eigenvalue weighted by Crippen LogP contribution is 2.15. The largest absolute Gasteiger partial charge is 0.325 e. The minimum Gasteiger partial charge on any atom is -0.325 e. The Labute approximate surface area is 108 Å². The van der Waals surface area contributed by atoms with E-state index in [1.807, 2.05) is 29.2 Å². The Kier molecular flexibility index (Phi) is 4.12. The third-order valence-corrected chi connectivity index (χ3v) is 3.24. The standard InChI is InChI=1S/C12H14BrFN2O/c13-9-1-3-11(4-2-9)15-12(17)8-16-6-5-10(14)7-16/h1-4,10H,5-8H2,(H,15,17). The minimum absolute atomic E-state index is 0.0959. The molecule has 1 amide bonds. The van der Waals surface area contributed by atoms with Gasteiger partial charge in [-0.05, 0) is 30.7 Å². The molecule has 17 heavy (non-hydrogen) atoms. The molecule has 1 saturated heterocycles. The molecule has 3 nitrogen and oxygen atoms in total. The van der Waals surface area contributed by atoms with Crippen LogP contribution in [0.15, 0.2) is 28.7 Å². The molecular formula is C12H14BrFN2O. The number of benzene rings is 1. The van der Waals surface area contributed by atoms with Gasteiger partial charge in [0.05, 0.1) is 6.54 Å². The molecule has 92 valence electrons. The monoisotopic (exact) mass is 300 g/mol. The first-order chi connectivity index (χ1) is 8.13. The summed E-state index contributed by atoms with van der Waals surface area (Å²) in [4.78, 5) is 13.5. The van der Waals surface area contributed by atoms with Gasteiger partial charge >= 0.3 is 0 Å². The van der Waals surface area contributed by atoms with E-state index in [-0.39, 0.29) is 12.5 Å². The number of anilines is 1. The summed E-state index contributed by atoms with van der Waals surface area (Å²) in [6.07, 6.45) is -0.249. The van der Waals surface area contributed by atoms with Crippen molar-refractivity contribution in [2.75, 3.05) is 25.0 Å². The van der Waals surface area contributed by atoms with Crippen LogP contribution >= 0.6 is 15.9 Å². The summed E-state index contributed by atoms with van der Waals surface area (Å²) in [6, 6.07) is 7.37. The highest BCUT2D eigenvalue weighted by Gasteiger charge is 2.23. The smallest absolute Gasteiger partial charge is 0.238 e. The van der Waals surface area contributed by atoms with Crippen LogP contribution in [0.3, 0.4) is 0 Å². The van der Waals surface area contributed by atoms with Crippen LogP contribution in [0.5, 0.6) is 0 Å². The molecule has 0 aromatic heterocycles. The van der Waals surface area contributed by atoms with Gasteiger partial charge in [0, 0.05) is 23.2 Å². The molecule has 0 radical (unpaired) electrons. The van der Waals surface area contributed by atoms with E-state index in [9.17, 15) is 9.18 Å². The van der Waals surface area contributed by atoms with Gasteiger partial charge in [-0.1, -0.05) is 15.9 Å². The van der Waals surface area contributed by atoms with Crippen molar-refractivity contribution in [3.05, 3.63) is 28.7 Å². The molecule has 0 aliphatic carbocycles. The summed E-state index contributed by atoms with van der Waals surface area (Å²) >= 11 is 3.33. The van der Waals surface area contributed by atoms with Gasteiger partial charge in [-0.3, -0.25) is 9.69 Å². The maximum Gasteiger partial charge on any atom is 0.238 e. The Hall–Kier alpha value is -0.940. The zero-order valence-corrected chi connectivity index (χ0v) is 10.9. The summed E-state index contributed by atoms with van der Waals surface area (Å²) in [6.45, 7) is 1.29. The summed E-state index contributed by atoms with van der Waals surface area (Å²) in [7, 11) is 0. The molecule has 1 aliphatic rings. The average Bonchev–Trinajstić information content (AvgIpc) is 2.67. The van der Waals surface area contributed by atoms with Gasteiger partial charge in [-0.25, -0.2) is 4.39 Å². The summed E-state index contributed by atoms with van der Waals surface area (Å²) in [5.74, 6) is -0.0959. The molecule has 5 heteroatoms. The molecular weight excluding hydrogens is 287 g/mol. The van der Waals surface area contributed by atoms with Gasteiger partial charge in [0.15, 0.2) is 0 Å². The fraction of sp³-hybridized carbons (Fsp3) is 0.417. The first kappa shape index (κ1) is 12.5.